The Balaban J connectivity index is 1.90. The molecule has 2 nitrogen and oxygen atoms in total. The Kier molecular flexibility index (Phi) is 2.75. The van der Waals surface area contributed by atoms with Gasteiger partial charge in [0.25, 0.3) is 5.91 Å². The zero-order valence-corrected chi connectivity index (χ0v) is 13.4. The first-order valence-corrected chi connectivity index (χ1v) is 7.97. The molecule has 0 fully saturated rings. The molecule has 112 valence electrons. The van der Waals surface area contributed by atoms with E-state index in [1.807, 2.05) is 18.0 Å². The molecule has 2 heteroatoms. The van der Waals surface area contributed by atoms with Gasteiger partial charge in [-0.05, 0) is 52.6 Å². The first-order valence-electron chi connectivity index (χ1n) is 7.97. The largest absolute Gasteiger partial charge is 0.311 e. The summed E-state index contributed by atoms with van der Waals surface area (Å²) in [6.45, 7) is 4.45. The number of hydrogen-bond donors (Lipinski definition) is 0. The highest BCUT2D eigenvalue weighted by molar-refractivity contribution is 6.08. The van der Waals surface area contributed by atoms with E-state index in [-0.39, 0.29) is 11.3 Å². The Bertz CT molecular complexity index is 816. The molecule has 0 saturated heterocycles. The van der Waals surface area contributed by atoms with Crippen molar-refractivity contribution in [2.45, 2.75) is 26.7 Å². The monoisotopic (exact) mass is 291 g/mol. The van der Waals surface area contributed by atoms with Crippen LogP contribution < -0.4 is 4.90 Å². The van der Waals surface area contributed by atoms with Crippen molar-refractivity contribution in [3.63, 3.8) is 0 Å². The van der Waals surface area contributed by atoms with Crippen LogP contribution in [0.25, 0.3) is 10.8 Å². The fourth-order valence-corrected chi connectivity index (χ4v) is 4.08. The van der Waals surface area contributed by atoms with Gasteiger partial charge in [-0.3, -0.25) is 4.79 Å². The Morgan fingerprint density at radius 3 is 2.55 bits per heavy atom. The summed E-state index contributed by atoms with van der Waals surface area (Å²) < 4.78 is 0. The van der Waals surface area contributed by atoms with E-state index in [1.165, 1.54) is 16.3 Å². The van der Waals surface area contributed by atoms with Crippen LogP contribution in [0.15, 0.2) is 48.0 Å². The second kappa shape index (κ2) is 4.45. The SMILES string of the molecule is CN1C(=O)C2=CC(C)(C)C[C@@H]2Cc2cc3ccccc3cc21. The summed E-state index contributed by atoms with van der Waals surface area (Å²) in [6, 6.07) is 12.8. The van der Waals surface area contributed by atoms with Gasteiger partial charge in [0.15, 0.2) is 0 Å². The van der Waals surface area contributed by atoms with Crippen molar-refractivity contribution in [2.24, 2.45) is 11.3 Å². The van der Waals surface area contributed by atoms with E-state index in [1.54, 1.807) is 0 Å². The quantitative estimate of drug-likeness (QED) is 0.707. The van der Waals surface area contributed by atoms with Gasteiger partial charge < -0.3 is 4.90 Å². The van der Waals surface area contributed by atoms with Crippen molar-refractivity contribution < 1.29 is 4.79 Å². The molecule has 2 aromatic rings. The summed E-state index contributed by atoms with van der Waals surface area (Å²) in [5.41, 5.74) is 3.50. The van der Waals surface area contributed by atoms with Crippen molar-refractivity contribution in [1.29, 1.82) is 0 Å². The number of amides is 1. The number of likely N-dealkylation sites (N-methyl/N-ethyl adjacent to an activating group) is 1. The van der Waals surface area contributed by atoms with E-state index in [2.05, 4.69) is 50.3 Å². The average molecular weight is 291 g/mol. The third-order valence-electron chi connectivity index (χ3n) is 5.08. The molecule has 0 spiro atoms. The van der Waals surface area contributed by atoms with E-state index in [4.69, 9.17) is 0 Å². The molecule has 1 aliphatic carbocycles. The summed E-state index contributed by atoms with van der Waals surface area (Å²) in [6.07, 6.45) is 4.22. The molecule has 1 atom stereocenters. The number of rotatable bonds is 0. The predicted molar refractivity (Wildman–Crippen MR) is 91.0 cm³/mol. The Hall–Kier alpha value is -2.09. The van der Waals surface area contributed by atoms with E-state index < -0.39 is 0 Å². The van der Waals surface area contributed by atoms with Gasteiger partial charge in [-0.15, -0.1) is 0 Å². The predicted octanol–water partition coefficient (Wildman–Crippen LogP) is 4.33. The van der Waals surface area contributed by atoms with Gasteiger partial charge in [0.05, 0.1) is 0 Å². The van der Waals surface area contributed by atoms with Crippen molar-refractivity contribution in [3.05, 3.63) is 53.6 Å². The first-order chi connectivity index (χ1) is 10.4. The van der Waals surface area contributed by atoms with Crippen LogP contribution in [-0.4, -0.2) is 13.0 Å². The molecule has 0 radical (unpaired) electrons. The highest BCUT2D eigenvalue weighted by Crippen LogP contribution is 2.45. The molecule has 1 aliphatic heterocycles. The number of benzene rings is 2. The van der Waals surface area contributed by atoms with E-state index in [9.17, 15) is 4.79 Å². The fourth-order valence-electron chi connectivity index (χ4n) is 4.08. The molecular weight excluding hydrogens is 270 g/mol. The van der Waals surface area contributed by atoms with Crippen LogP contribution in [0.5, 0.6) is 0 Å². The number of carbonyl (C=O) groups is 1. The highest BCUT2D eigenvalue weighted by atomic mass is 16.2. The van der Waals surface area contributed by atoms with Crippen LogP contribution in [0.1, 0.15) is 25.8 Å². The summed E-state index contributed by atoms with van der Waals surface area (Å²) in [7, 11) is 1.91. The number of anilines is 1. The van der Waals surface area contributed by atoms with Gasteiger partial charge in [-0.2, -0.15) is 0 Å². The first kappa shape index (κ1) is 13.6. The van der Waals surface area contributed by atoms with Crippen molar-refractivity contribution in [2.75, 3.05) is 11.9 Å². The minimum Gasteiger partial charge on any atom is -0.311 e. The van der Waals surface area contributed by atoms with E-state index in [0.29, 0.717) is 5.92 Å². The number of fused-ring (bicyclic) bond motifs is 3. The average Bonchev–Trinajstić information content (AvgIpc) is 2.75. The van der Waals surface area contributed by atoms with E-state index >= 15 is 0 Å². The zero-order valence-electron chi connectivity index (χ0n) is 13.4. The molecule has 1 amide bonds. The second-order valence-corrected chi connectivity index (χ2v) is 7.39. The molecule has 0 aromatic heterocycles. The molecule has 1 heterocycles. The number of hydrogen-bond acceptors (Lipinski definition) is 1. The van der Waals surface area contributed by atoms with Crippen molar-refractivity contribution >= 4 is 22.4 Å². The summed E-state index contributed by atoms with van der Waals surface area (Å²) >= 11 is 0. The molecule has 0 saturated carbocycles. The Labute approximate surface area is 131 Å². The molecule has 22 heavy (non-hydrogen) atoms. The standard InChI is InChI=1S/C20H21NO/c1-20(2)11-16-9-15-8-13-6-4-5-7-14(13)10-18(15)21(3)19(22)17(16)12-20/h4-8,10,12,16H,9,11H2,1-3H3/t16-/m0/s1. The normalized spacial score (nSPS) is 23.0. The number of carbonyl (C=O) groups excluding carboxylic acids is 1. The van der Waals surface area contributed by atoms with Crippen molar-refractivity contribution in [3.8, 4) is 0 Å². The van der Waals surface area contributed by atoms with Crippen LogP contribution in [-0.2, 0) is 11.2 Å². The minimum absolute atomic E-state index is 0.130. The lowest BCUT2D eigenvalue weighted by atomic mass is 9.86. The summed E-state index contributed by atoms with van der Waals surface area (Å²) in [5.74, 6) is 0.525. The van der Waals surface area contributed by atoms with E-state index in [0.717, 1.165) is 24.1 Å². The molecule has 0 unspecified atom stereocenters. The van der Waals surface area contributed by atoms with Crippen LogP contribution >= 0.6 is 0 Å². The number of nitrogens with zero attached hydrogens (tertiary/aromatic N) is 1. The molecular formula is C20H21NO. The lowest BCUT2D eigenvalue weighted by Crippen LogP contribution is -2.27. The maximum Gasteiger partial charge on any atom is 0.253 e. The number of allylic oxidation sites excluding steroid dienone is 1. The van der Waals surface area contributed by atoms with Gasteiger partial charge >= 0.3 is 0 Å². The zero-order chi connectivity index (χ0) is 15.5. The fraction of sp³-hybridized carbons (Fsp3) is 0.350. The van der Waals surface area contributed by atoms with Crippen molar-refractivity contribution in [1.82, 2.24) is 0 Å². The van der Waals surface area contributed by atoms with Gasteiger partial charge in [0, 0.05) is 18.3 Å². The molecule has 4 rings (SSSR count). The second-order valence-electron chi connectivity index (χ2n) is 7.39. The lowest BCUT2D eigenvalue weighted by molar-refractivity contribution is -0.115. The lowest BCUT2D eigenvalue weighted by Gasteiger charge is -2.20. The smallest absolute Gasteiger partial charge is 0.253 e. The molecule has 2 aromatic carbocycles. The maximum absolute atomic E-state index is 12.9. The maximum atomic E-state index is 12.9. The summed E-state index contributed by atoms with van der Waals surface area (Å²) in [4.78, 5) is 14.7. The Morgan fingerprint density at radius 1 is 1.14 bits per heavy atom. The Morgan fingerprint density at radius 2 is 1.82 bits per heavy atom. The topological polar surface area (TPSA) is 20.3 Å². The minimum atomic E-state index is 0.130. The van der Waals surface area contributed by atoms with Gasteiger partial charge in [0.1, 0.15) is 0 Å². The highest BCUT2D eigenvalue weighted by Gasteiger charge is 2.39. The molecule has 2 aliphatic rings. The van der Waals surface area contributed by atoms with Crippen LogP contribution in [0.4, 0.5) is 5.69 Å². The van der Waals surface area contributed by atoms with Gasteiger partial charge in [-0.1, -0.05) is 44.2 Å². The van der Waals surface area contributed by atoms with Gasteiger partial charge in [-0.25, -0.2) is 0 Å². The third kappa shape index (κ3) is 1.98. The van der Waals surface area contributed by atoms with Crippen LogP contribution in [0.2, 0.25) is 0 Å². The molecule has 0 bridgehead atoms. The van der Waals surface area contributed by atoms with Crippen LogP contribution in [0, 0.1) is 11.3 Å². The van der Waals surface area contributed by atoms with Crippen LogP contribution in [0.3, 0.4) is 0 Å². The molecule has 0 N–H and O–H groups in total. The van der Waals surface area contributed by atoms with Gasteiger partial charge in [0.2, 0.25) is 0 Å². The summed E-state index contributed by atoms with van der Waals surface area (Å²) in [5, 5.41) is 2.45. The third-order valence-corrected chi connectivity index (χ3v) is 5.08.